The zero-order valence-corrected chi connectivity index (χ0v) is 18.0. The number of hydrogen-bond acceptors (Lipinski definition) is 4. The van der Waals surface area contributed by atoms with Crippen LogP contribution in [0.4, 0.5) is 5.69 Å². The van der Waals surface area contributed by atoms with Crippen LogP contribution in [0.2, 0.25) is 0 Å². The number of methoxy groups -OCH3 is 1. The fourth-order valence-corrected chi connectivity index (χ4v) is 4.13. The number of rotatable bonds is 7. The van der Waals surface area contributed by atoms with Crippen LogP contribution >= 0.6 is 0 Å². The third kappa shape index (κ3) is 4.71. The van der Waals surface area contributed by atoms with Crippen LogP contribution in [-0.4, -0.2) is 35.0 Å². The Hall–Kier alpha value is -3.35. The Bertz CT molecular complexity index is 1080. The van der Waals surface area contributed by atoms with Gasteiger partial charge in [-0.25, -0.2) is 4.98 Å². The number of imidazole rings is 1. The van der Waals surface area contributed by atoms with E-state index in [1.807, 2.05) is 29.8 Å². The Balaban J connectivity index is 1.40. The van der Waals surface area contributed by atoms with Crippen molar-refractivity contribution in [3.05, 3.63) is 53.9 Å². The van der Waals surface area contributed by atoms with E-state index in [-0.39, 0.29) is 17.7 Å². The van der Waals surface area contributed by atoms with Crippen molar-refractivity contribution in [2.24, 2.45) is 13.0 Å². The van der Waals surface area contributed by atoms with Gasteiger partial charge in [0.2, 0.25) is 5.91 Å². The fourth-order valence-electron chi connectivity index (χ4n) is 4.13. The molecule has 0 saturated heterocycles. The molecule has 162 valence electrons. The van der Waals surface area contributed by atoms with Crippen LogP contribution in [0.15, 0.2) is 42.5 Å². The van der Waals surface area contributed by atoms with Crippen molar-refractivity contribution in [1.82, 2.24) is 14.9 Å². The highest BCUT2D eigenvalue weighted by molar-refractivity contribution is 6.05. The predicted molar refractivity (Wildman–Crippen MR) is 120 cm³/mol. The van der Waals surface area contributed by atoms with Crippen LogP contribution in [0.25, 0.3) is 11.0 Å². The van der Waals surface area contributed by atoms with Crippen molar-refractivity contribution in [2.75, 3.05) is 19.0 Å². The minimum atomic E-state index is -0.187. The molecule has 0 aliphatic heterocycles. The van der Waals surface area contributed by atoms with E-state index in [0.29, 0.717) is 30.0 Å². The largest absolute Gasteiger partial charge is 0.497 e. The van der Waals surface area contributed by atoms with Crippen molar-refractivity contribution >= 4 is 28.5 Å². The van der Waals surface area contributed by atoms with E-state index in [0.717, 1.165) is 42.5 Å². The topological polar surface area (TPSA) is 85.2 Å². The number of benzene rings is 2. The van der Waals surface area contributed by atoms with Gasteiger partial charge in [0.25, 0.3) is 5.91 Å². The number of carbonyl (C=O) groups excluding carboxylic acids is 2. The third-order valence-corrected chi connectivity index (χ3v) is 5.96. The molecule has 4 rings (SSSR count). The summed E-state index contributed by atoms with van der Waals surface area (Å²) in [6, 6.07) is 12.7. The second kappa shape index (κ2) is 9.20. The van der Waals surface area contributed by atoms with E-state index in [4.69, 9.17) is 9.72 Å². The number of nitrogens with one attached hydrogen (secondary N) is 2. The van der Waals surface area contributed by atoms with Crippen molar-refractivity contribution < 1.29 is 14.3 Å². The van der Waals surface area contributed by atoms with Crippen molar-refractivity contribution in [2.45, 2.75) is 32.1 Å². The van der Waals surface area contributed by atoms with Gasteiger partial charge in [-0.3, -0.25) is 9.59 Å². The van der Waals surface area contributed by atoms with Crippen molar-refractivity contribution in [1.29, 1.82) is 0 Å². The first-order valence-corrected chi connectivity index (χ1v) is 10.7. The average Bonchev–Trinajstić information content (AvgIpc) is 3.42. The van der Waals surface area contributed by atoms with Crippen LogP contribution < -0.4 is 15.4 Å². The molecule has 1 aliphatic rings. The van der Waals surface area contributed by atoms with E-state index in [1.165, 1.54) is 0 Å². The molecular weight excluding hydrogens is 392 g/mol. The molecule has 2 amide bonds. The maximum atomic E-state index is 12.5. The van der Waals surface area contributed by atoms with Crippen LogP contribution in [0.1, 0.15) is 41.9 Å². The molecule has 0 spiro atoms. The molecule has 0 unspecified atom stereocenters. The van der Waals surface area contributed by atoms with E-state index in [1.54, 1.807) is 31.4 Å². The molecule has 1 fully saturated rings. The summed E-state index contributed by atoms with van der Waals surface area (Å²) in [5.74, 6) is 1.77. The minimum absolute atomic E-state index is 0.166. The first-order valence-electron chi connectivity index (χ1n) is 10.7. The Labute approximate surface area is 181 Å². The van der Waals surface area contributed by atoms with Crippen molar-refractivity contribution in [3.63, 3.8) is 0 Å². The van der Waals surface area contributed by atoms with Gasteiger partial charge in [-0.1, -0.05) is 12.8 Å². The Kier molecular flexibility index (Phi) is 6.21. The number of hydrogen-bond donors (Lipinski definition) is 2. The second-order valence-electron chi connectivity index (χ2n) is 8.00. The maximum absolute atomic E-state index is 12.5. The van der Waals surface area contributed by atoms with Crippen molar-refractivity contribution in [3.8, 4) is 5.75 Å². The Morgan fingerprint density at radius 3 is 2.58 bits per heavy atom. The predicted octanol–water partition coefficient (Wildman–Crippen LogP) is 3.68. The molecule has 1 heterocycles. The molecule has 0 bridgehead atoms. The molecular formula is C24H28N4O3. The SMILES string of the molecule is COc1ccc(C(=O)Nc2ccc3c(c2)nc(CCNC(=O)C2CCCC2)n3C)cc1. The summed E-state index contributed by atoms with van der Waals surface area (Å²) in [7, 11) is 3.56. The molecule has 3 aromatic rings. The first kappa shape index (κ1) is 20.9. The number of nitrogens with zero attached hydrogens (tertiary/aromatic N) is 2. The molecule has 7 heteroatoms. The Morgan fingerprint density at radius 1 is 1.13 bits per heavy atom. The van der Waals surface area contributed by atoms with Gasteiger partial charge in [0.15, 0.2) is 0 Å². The van der Waals surface area contributed by atoms with Gasteiger partial charge in [0.05, 0.1) is 18.1 Å². The normalized spacial score (nSPS) is 14.0. The third-order valence-electron chi connectivity index (χ3n) is 5.96. The van der Waals surface area contributed by atoms with Gasteiger partial charge < -0.3 is 19.9 Å². The van der Waals surface area contributed by atoms with Crippen LogP contribution in [0.3, 0.4) is 0 Å². The maximum Gasteiger partial charge on any atom is 0.255 e. The molecule has 0 radical (unpaired) electrons. The summed E-state index contributed by atoms with van der Waals surface area (Å²) in [5, 5.41) is 5.97. The molecule has 7 nitrogen and oxygen atoms in total. The van der Waals surface area contributed by atoms with Gasteiger partial charge in [-0.05, 0) is 55.3 Å². The lowest BCUT2D eigenvalue weighted by atomic mass is 10.1. The lowest BCUT2D eigenvalue weighted by Crippen LogP contribution is -2.31. The quantitative estimate of drug-likeness (QED) is 0.611. The summed E-state index contributed by atoms with van der Waals surface area (Å²) in [4.78, 5) is 29.4. The number of ether oxygens (including phenoxy) is 1. The summed E-state index contributed by atoms with van der Waals surface area (Å²) >= 11 is 0. The highest BCUT2D eigenvalue weighted by Crippen LogP contribution is 2.25. The summed E-state index contributed by atoms with van der Waals surface area (Å²) in [5.41, 5.74) is 3.04. The van der Waals surface area contributed by atoms with Gasteiger partial charge in [-0.2, -0.15) is 0 Å². The molecule has 2 N–H and O–H groups in total. The minimum Gasteiger partial charge on any atom is -0.497 e. The smallest absolute Gasteiger partial charge is 0.255 e. The molecule has 31 heavy (non-hydrogen) atoms. The van der Waals surface area contributed by atoms with Crippen LogP contribution in [0.5, 0.6) is 5.75 Å². The van der Waals surface area contributed by atoms with E-state index < -0.39 is 0 Å². The van der Waals surface area contributed by atoms with Gasteiger partial charge >= 0.3 is 0 Å². The number of carbonyl (C=O) groups is 2. The first-order chi connectivity index (χ1) is 15.0. The summed E-state index contributed by atoms with van der Waals surface area (Å²) < 4.78 is 7.16. The number of amides is 2. The second-order valence-corrected chi connectivity index (χ2v) is 8.00. The monoisotopic (exact) mass is 420 g/mol. The van der Waals surface area contributed by atoms with Crippen LogP contribution in [0, 0.1) is 5.92 Å². The number of aromatic nitrogens is 2. The number of fused-ring (bicyclic) bond motifs is 1. The highest BCUT2D eigenvalue weighted by atomic mass is 16.5. The van der Waals surface area contributed by atoms with Gasteiger partial charge in [0.1, 0.15) is 11.6 Å². The summed E-state index contributed by atoms with van der Waals surface area (Å²) in [6.45, 7) is 0.577. The zero-order valence-electron chi connectivity index (χ0n) is 18.0. The van der Waals surface area contributed by atoms with E-state index >= 15 is 0 Å². The lowest BCUT2D eigenvalue weighted by Gasteiger charge is -2.10. The molecule has 0 atom stereocenters. The van der Waals surface area contributed by atoms with Crippen LogP contribution in [-0.2, 0) is 18.3 Å². The lowest BCUT2D eigenvalue weighted by molar-refractivity contribution is -0.124. The van der Waals surface area contributed by atoms with Gasteiger partial charge in [-0.15, -0.1) is 0 Å². The fraction of sp³-hybridized carbons (Fsp3) is 0.375. The summed E-state index contributed by atoms with van der Waals surface area (Å²) in [6.07, 6.45) is 4.98. The zero-order chi connectivity index (χ0) is 21.8. The standard InChI is InChI=1S/C24H28N4O3/c1-28-21-12-9-18(26-24(30)17-7-10-19(31-2)11-8-17)15-20(21)27-22(28)13-14-25-23(29)16-5-3-4-6-16/h7-12,15-16H,3-6,13-14H2,1-2H3,(H,25,29)(H,26,30). The molecule has 1 aromatic heterocycles. The molecule has 2 aromatic carbocycles. The number of aryl methyl sites for hydroxylation is 1. The Morgan fingerprint density at radius 2 is 1.87 bits per heavy atom. The van der Waals surface area contributed by atoms with Gasteiger partial charge in [0, 0.05) is 37.2 Å². The number of anilines is 1. The molecule has 1 aliphatic carbocycles. The van der Waals surface area contributed by atoms with E-state index in [2.05, 4.69) is 10.6 Å². The average molecular weight is 421 g/mol. The highest BCUT2D eigenvalue weighted by Gasteiger charge is 2.22. The van der Waals surface area contributed by atoms with E-state index in [9.17, 15) is 9.59 Å². The molecule has 1 saturated carbocycles.